The Bertz CT molecular complexity index is 1110. The fourth-order valence-corrected chi connectivity index (χ4v) is 4.39. The van der Waals surface area contributed by atoms with Crippen LogP contribution in [-0.2, 0) is 9.59 Å². The number of ether oxygens (including phenoxy) is 4. The second-order valence-corrected chi connectivity index (χ2v) is 8.64. The number of benzene rings is 2. The molecule has 0 radical (unpaired) electrons. The summed E-state index contributed by atoms with van der Waals surface area (Å²) in [6.45, 7) is 3.06. The molecule has 1 fully saturated rings. The van der Waals surface area contributed by atoms with E-state index in [-0.39, 0.29) is 18.4 Å². The Balaban J connectivity index is 1.16. The van der Waals surface area contributed by atoms with E-state index in [2.05, 4.69) is 0 Å². The first kappa shape index (κ1) is 22.4. The number of hydrogen-bond donors (Lipinski definition) is 0. The van der Waals surface area contributed by atoms with E-state index in [1.165, 1.54) is 6.08 Å². The van der Waals surface area contributed by atoms with Crippen molar-refractivity contribution in [3.8, 4) is 23.0 Å². The lowest BCUT2D eigenvalue weighted by Gasteiger charge is -2.36. The number of piperazine rings is 1. The lowest BCUT2D eigenvalue weighted by atomic mass is 10.1. The first-order chi connectivity index (χ1) is 16.6. The molecule has 1 saturated heterocycles. The van der Waals surface area contributed by atoms with Crippen molar-refractivity contribution in [3.05, 3.63) is 53.1 Å². The molecule has 0 N–H and O–H groups in total. The van der Waals surface area contributed by atoms with Crippen molar-refractivity contribution in [3.63, 3.8) is 0 Å². The molecule has 3 heterocycles. The molecule has 1 atom stereocenters. The van der Waals surface area contributed by atoms with Gasteiger partial charge in [-0.25, -0.2) is 0 Å². The zero-order valence-corrected chi connectivity index (χ0v) is 19.3. The Morgan fingerprint density at radius 3 is 2.47 bits per heavy atom. The molecule has 34 heavy (non-hydrogen) atoms. The predicted molar refractivity (Wildman–Crippen MR) is 126 cm³/mol. The number of nitrogens with zero attached hydrogens (tertiary/aromatic N) is 2. The van der Waals surface area contributed by atoms with Crippen molar-refractivity contribution in [2.24, 2.45) is 0 Å². The van der Waals surface area contributed by atoms with Gasteiger partial charge in [-0.3, -0.25) is 9.59 Å². The molecule has 8 nitrogen and oxygen atoms in total. The monoisotopic (exact) mass is 484 g/mol. The second-order valence-electron chi connectivity index (χ2n) is 8.23. The highest BCUT2D eigenvalue weighted by molar-refractivity contribution is 6.32. The van der Waals surface area contributed by atoms with Crippen molar-refractivity contribution in [1.82, 2.24) is 9.80 Å². The number of amides is 2. The van der Waals surface area contributed by atoms with Crippen LogP contribution in [0.1, 0.15) is 12.0 Å². The molecule has 5 rings (SSSR count). The zero-order chi connectivity index (χ0) is 23.5. The van der Waals surface area contributed by atoms with Crippen LogP contribution in [0.3, 0.4) is 0 Å². The number of carbonyl (C=O) groups excluding carboxylic acids is 2. The van der Waals surface area contributed by atoms with Crippen LogP contribution in [0.15, 0.2) is 42.5 Å². The number of rotatable bonds is 3. The summed E-state index contributed by atoms with van der Waals surface area (Å²) in [7, 11) is 0. The third-order valence-corrected chi connectivity index (χ3v) is 6.21. The molecule has 1 unspecified atom stereocenters. The van der Waals surface area contributed by atoms with Gasteiger partial charge in [0.1, 0.15) is 6.61 Å². The van der Waals surface area contributed by atoms with Crippen LogP contribution < -0.4 is 18.9 Å². The van der Waals surface area contributed by atoms with Gasteiger partial charge >= 0.3 is 0 Å². The highest BCUT2D eigenvalue weighted by Gasteiger charge is 2.33. The van der Waals surface area contributed by atoms with Crippen LogP contribution in [0, 0.1) is 0 Å². The third kappa shape index (κ3) is 4.77. The maximum atomic E-state index is 12.9. The van der Waals surface area contributed by atoms with Gasteiger partial charge in [-0.2, -0.15) is 0 Å². The number of hydrogen-bond acceptors (Lipinski definition) is 6. The fourth-order valence-electron chi connectivity index (χ4n) is 4.11. The molecular formula is C25H25ClN2O6. The van der Waals surface area contributed by atoms with Gasteiger partial charge in [-0.15, -0.1) is 0 Å². The van der Waals surface area contributed by atoms with E-state index < -0.39 is 6.10 Å². The van der Waals surface area contributed by atoms with Gasteiger partial charge in [-0.05, 0) is 35.9 Å². The summed E-state index contributed by atoms with van der Waals surface area (Å²) >= 11 is 6.33. The normalized spacial score (nSPS) is 19.6. The van der Waals surface area contributed by atoms with E-state index in [0.29, 0.717) is 67.4 Å². The Labute approximate surface area is 202 Å². The SMILES string of the molecule is O=C(/C=C/c1cc(Cl)c2c(c1)OCCCO2)N1CCN(C(=O)C2COc3ccccc3O2)CC1. The molecule has 0 saturated carbocycles. The Kier molecular flexibility index (Phi) is 6.49. The van der Waals surface area contributed by atoms with Crippen LogP contribution >= 0.6 is 11.6 Å². The second kappa shape index (κ2) is 9.85. The first-order valence-electron chi connectivity index (χ1n) is 11.3. The van der Waals surface area contributed by atoms with Gasteiger partial charge < -0.3 is 28.7 Å². The summed E-state index contributed by atoms with van der Waals surface area (Å²) in [4.78, 5) is 29.1. The van der Waals surface area contributed by atoms with E-state index in [1.54, 1.807) is 28.0 Å². The van der Waals surface area contributed by atoms with Gasteiger partial charge in [0.2, 0.25) is 12.0 Å². The summed E-state index contributed by atoms with van der Waals surface area (Å²) < 4.78 is 22.8. The zero-order valence-electron chi connectivity index (χ0n) is 18.6. The molecule has 2 amide bonds. The van der Waals surface area contributed by atoms with Crippen LogP contribution in [0.2, 0.25) is 5.02 Å². The van der Waals surface area contributed by atoms with E-state index in [1.807, 2.05) is 24.3 Å². The number of halogens is 1. The maximum Gasteiger partial charge on any atom is 0.267 e. The van der Waals surface area contributed by atoms with Gasteiger partial charge in [0, 0.05) is 38.7 Å². The molecule has 2 aromatic carbocycles. The number of carbonyl (C=O) groups is 2. The first-order valence-corrected chi connectivity index (χ1v) is 11.7. The molecule has 0 bridgehead atoms. The lowest BCUT2D eigenvalue weighted by molar-refractivity contribution is -0.145. The summed E-state index contributed by atoms with van der Waals surface area (Å²) in [5.74, 6) is 2.09. The Morgan fingerprint density at radius 1 is 0.912 bits per heavy atom. The van der Waals surface area contributed by atoms with Crippen LogP contribution in [0.4, 0.5) is 0 Å². The van der Waals surface area contributed by atoms with Gasteiger partial charge in [0.15, 0.2) is 23.0 Å². The highest BCUT2D eigenvalue weighted by atomic mass is 35.5. The van der Waals surface area contributed by atoms with Crippen LogP contribution in [0.5, 0.6) is 23.0 Å². The van der Waals surface area contributed by atoms with E-state index >= 15 is 0 Å². The quantitative estimate of drug-likeness (QED) is 0.623. The molecule has 3 aliphatic rings. The average Bonchev–Trinajstić information content (AvgIpc) is 3.13. The van der Waals surface area contributed by atoms with Gasteiger partial charge in [0.05, 0.1) is 18.2 Å². The summed E-state index contributed by atoms with van der Waals surface area (Å²) in [5.41, 5.74) is 0.756. The molecule has 3 aliphatic heterocycles. The topological polar surface area (TPSA) is 77.5 Å². The number of fused-ring (bicyclic) bond motifs is 2. The molecular weight excluding hydrogens is 460 g/mol. The molecule has 178 valence electrons. The van der Waals surface area contributed by atoms with Gasteiger partial charge in [-0.1, -0.05) is 23.7 Å². The standard InChI is InChI=1S/C25H25ClN2O6/c26-18-14-17(15-21-24(18)32-13-3-12-31-21)6-7-23(29)27-8-10-28(11-9-27)25(30)22-16-33-19-4-1-2-5-20(19)34-22/h1-2,4-7,14-15,22H,3,8-13,16H2/b7-6+. The Morgan fingerprint density at radius 2 is 1.65 bits per heavy atom. The van der Waals surface area contributed by atoms with Crippen LogP contribution in [-0.4, -0.2) is 73.7 Å². The Hall–Kier alpha value is -3.39. The van der Waals surface area contributed by atoms with Crippen molar-refractivity contribution in [1.29, 1.82) is 0 Å². The largest absolute Gasteiger partial charge is 0.489 e. The van der Waals surface area contributed by atoms with Crippen molar-refractivity contribution < 1.29 is 28.5 Å². The van der Waals surface area contributed by atoms with E-state index in [9.17, 15) is 9.59 Å². The van der Waals surface area contributed by atoms with E-state index in [4.69, 9.17) is 30.5 Å². The lowest BCUT2D eigenvalue weighted by Crippen LogP contribution is -2.54. The third-order valence-electron chi connectivity index (χ3n) is 5.93. The molecule has 9 heteroatoms. The van der Waals surface area contributed by atoms with Crippen molar-refractivity contribution >= 4 is 29.5 Å². The minimum Gasteiger partial charge on any atom is -0.489 e. The fraction of sp³-hybridized carbons (Fsp3) is 0.360. The summed E-state index contributed by atoms with van der Waals surface area (Å²) in [5, 5.41) is 0.454. The van der Waals surface area contributed by atoms with Crippen molar-refractivity contribution in [2.45, 2.75) is 12.5 Å². The minimum absolute atomic E-state index is 0.124. The molecule has 0 spiro atoms. The molecule has 0 aromatic heterocycles. The summed E-state index contributed by atoms with van der Waals surface area (Å²) in [6.07, 6.45) is 3.34. The van der Waals surface area contributed by atoms with Crippen LogP contribution in [0.25, 0.3) is 6.08 Å². The molecule has 2 aromatic rings. The smallest absolute Gasteiger partial charge is 0.267 e. The average molecular weight is 485 g/mol. The highest BCUT2D eigenvalue weighted by Crippen LogP contribution is 2.38. The summed E-state index contributed by atoms with van der Waals surface area (Å²) in [6, 6.07) is 10.9. The maximum absolute atomic E-state index is 12.9. The molecule has 0 aliphatic carbocycles. The van der Waals surface area contributed by atoms with Crippen molar-refractivity contribution in [2.75, 3.05) is 46.0 Å². The minimum atomic E-state index is -0.679. The number of para-hydroxylation sites is 2. The van der Waals surface area contributed by atoms with Gasteiger partial charge in [0.25, 0.3) is 5.91 Å². The predicted octanol–water partition coefficient (Wildman–Crippen LogP) is 3.03. The van der Waals surface area contributed by atoms with E-state index in [0.717, 1.165) is 12.0 Å².